The number of methoxy groups -OCH3 is 1. The van der Waals surface area contributed by atoms with E-state index in [9.17, 15) is 19.2 Å². The van der Waals surface area contributed by atoms with Crippen LogP contribution in [0, 0.1) is 11.8 Å². The van der Waals surface area contributed by atoms with Gasteiger partial charge in [0, 0.05) is 20.0 Å². The number of amides is 2. The summed E-state index contributed by atoms with van der Waals surface area (Å²) in [6.45, 7) is 3.95. The Hall–Kier alpha value is -2.94. The molecule has 152 valence electrons. The Labute approximate surface area is 162 Å². The standard InChI is InChI=1S/C19H23NO8/c1-12(2)15(11-25-3)18(23)27-14-6-4-13(5-7-14)10-26-19(24)28-20-16(21)8-9-17(20)22/h4-7,12,15H,8-11H2,1-3H3. The lowest BCUT2D eigenvalue weighted by Crippen LogP contribution is -2.32. The van der Waals surface area contributed by atoms with Crippen molar-refractivity contribution in [1.29, 1.82) is 0 Å². The molecule has 0 bridgehead atoms. The molecule has 9 heteroatoms. The Morgan fingerprint density at radius 3 is 2.21 bits per heavy atom. The zero-order valence-electron chi connectivity index (χ0n) is 16.0. The summed E-state index contributed by atoms with van der Waals surface area (Å²) in [4.78, 5) is 51.2. The van der Waals surface area contributed by atoms with Gasteiger partial charge in [-0.2, -0.15) is 0 Å². The van der Waals surface area contributed by atoms with Gasteiger partial charge in [-0.05, 0) is 23.6 Å². The molecule has 0 aromatic heterocycles. The van der Waals surface area contributed by atoms with Gasteiger partial charge in [0.2, 0.25) is 0 Å². The van der Waals surface area contributed by atoms with E-state index in [2.05, 4.69) is 4.84 Å². The highest BCUT2D eigenvalue weighted by Gasteiger charge is 2.33. The van der Waals surface area contributed by atoms with Gasteiger partial charge in [-0.15, -0.1) is 0 Å². The minimum atomic E-state index is -1.15. The first-order valence-corrected chi connectivity index (χ1v) is 8.82. The maximum absolute atomic E-state index is 12.2. The van der Waals surface area contributed by atoms with Crippen LogP contribution in [0.2, 0.25) is 0 Å². The molecule has 1 saturated heterocycles. The number of hydrogen-bond donors (Lipinski definition) is 0. The fraction of sp³-hybridized carbons (Fsp3) is 0.474. The molecule has 1 aromatic carbocycles. The first-order chi connectivity index (χ1) is 13.3. The van der Waals surface area contributed by atoms with Crippen molar-refractivity contribution in [1.82, 2.24) is 5.06 Å². The number of rotatable bonds is 8. The molecule has 0 spiro atoms. The van der Waals surface area contributed by atoms with Crippen LogP contribution in [-0.4, -0.2) is 42.7 Å². The fourth-order valence-electron chi connectivity index (χ4n) is 2.46. The molecule has 1 heterocycles. The monoisotopic (exact) mass is 393 g/mol. The van der Waals surface area contributed by atoms with Crippen LogP contribution in [0.25, 0.3) is 0 Å². The van der Waals surface area contributed by atoms with E-state index in [1.807, 2.05) is 13.8 Å². The molecule has 1 aliphatic heterocycles. The molecule has 2 rings (SSSR count). The van der Waals surface area contributed by atoms with Crippen LogP contribution in [0.15, 0.2) is 24.3 Å². The maximum Gasteiger partial charge on any atom is 0.534 e. The van der Waals surface area contributed by atoms with Crippen molar-refractivity contribution >= 4 is 23.9 Å². The number of esters is 1. The van der Waals surface area contributed by atoms with Crippen molar-refractivity contribution in [3.8, 4) is 5.75 Å². The van der Waals surface area contributed by atoms with Crippen molar-refractivity contribution in [3.05, 3.63) is 29.8 Å². The number of hydroxylamine groups is 2. The number of carbonyl (C=O) groups excluding carboxylic acids is 4. The van der Waals surface area contributed by atoms with E-state index < -0.39 is 18.0 Å². The highest BCUT2D eigenvalue weighted by Crippen LogP contribution is 2.19. The van der Waals surface area contributed by atoms with Crippen molar-refractivity contribution < 1.29 is 38.2 Å². The summed E-state index contributed by atoms with van der Waals surface area (Å²) in [7, 11) is 1.53. The second-order valence-corrected chi connectivity index (χ2v) is 6.58. The number of ether oxygens (including phenoxy) is 3. The Balaban J connectivity index is 1.83. The van der Waals surface area contributed by atoms with Gasteiger partial charge in [-0.25, -0.2) is 4.79 Å². The van der Waals surface area contributed by atoms with Crippen LogP contribution in [0.4, 0.5) is 4.79 Å². The SMILES string of the molecule is COCC(C(=O)Oc1ccc(COC(=O)ON2C(=O)CCC2=O)cc1)C(C)C. The van der Waals surface area contributed by atoms with Gasteiger partial charge in [0.05, 0.1) is 12.5 Å². The molecule has 0 saturated carbocycles. The Morgan fingerprint density at radius 2 is 1.68 bits per heavy atom. The Kier molecular flexibility index (Phi) is 7.51. The van der Waals surface area contributed by atoms with Crippen LogP contribution >= 0.6 is 0 Å². The predicted octanol–water partition coefficient (Wildman–Crippen LogP) is 2.23. The predicted molar refractivity (Wildman–Crippen MR) is 94.6 cm³/mol. The van der Waals surface area contributed by atoms with Crippen LogP contribution in [0.1, 0.15) is 32.3 Å². The van der Waals surface area contributed by atoms with Crippen LogP contribution in [0.5, 0.6) is 5.75 Å². The minimum Gasteiger partial charge on any atom is -0.428 e. The van der Waals surface area contributed by atoms with E-state index in [1.54, 1.807) is 24.3 Å². The van der Waals surface area contributed by atoms with Gasteiger partial charge in [0.15, 0.2) is 0 Å². The lowest BCUT2D eigenvalue weighted by Gasteiger charge is -2.18. The average molecular weight is 393 g/mol. The molecular weight excluding hydrogens is 370 g/mol. The largest absolute Gasteiger partial charge is 0.534 e. The van der Waals surface area contributed by atoms with Gasteiger partial charge in [0.25, 0.3) is 11.8 Å². The van der Waals surface area contributed by atoms with Crippen molar-refractivity contribution in [2.24, 2.45) is 11.8 Å². The van der Waals surface area contributed by atoms with Crippen molar-refractivity contribution in [2.75, 3.05) is 13.7 Å². The minimum absolute atomic E-state index is 0.00828. The summed E-state index contributed by atoms with van der Waals surface area (Å²) in [5.41, 5.74) is 0.605. The summed E-state index contributed by atoms with van der Waals surface area (Å²) in [5, 5.41) is 0.413. The van der Waals surface area contributed by atoms with E-state index in [-0.39, 0.29) is 43.9 Å². The first-order valence-electron chi connectivity index (χ1n) is 8.82. The van der Waals surface area contributed by atoms with Gasteiger partial charge in [-0.1, -0.05) is 31.0 Å². The molecule has 1 aliphatic rings. The smallest absolute Gasteiger partial charge is 0.428 e. The zero-order valence-corrected chi connectivity index (χ0v) is 16.0. The number of nitrogens with zero attached hydrogens (tertiary/aromatic N) is 1. The van der Waals surface area contributed by atoms with Gasteiger partial charge >= 0.3 is 12.1 Å². The summed E-state index contributed by atoms with van der Waals surface area (Å²) >= 11 is 0. The molecule has 1 atom stereocenters. The van der Waals surface area contributed by atoms with Crippen molar-refractivity contribution in [2.45, 2.75) is 33.3 Å². The van der Waals surface area contributed by atoms with Gasteiger partial charge in [0.1, 0.15) is 12.4 Å². The molecule has 9 nitrogen and oxygen atoms in total. The van der Waals surface area contributed by atoms with Crippen LogP contribution in [-0.2, 0) is 35.3 Å². The summed E-state index contributed by atoms with van der Waals surface area (Å²) in [5.74, 6) is -1.50. The molecule has 1 unspecified atom stereocenters. The molecule has 28 heavy (non-hydrogen) atoms. The topological polar surface area (TPSA) is 108 Å². The highest BCUT2D eigenvalue weighted by atomic mass is 16.8. The number of benzene rings is 1. The average Bonchev–Trinajstić information content (AvgIpc) is 2.97. The summed E-state index contributed by atoms with van der Waals surface area (Å²) in [6, 6.07) is 6.37. The third kappa shape index (κ3) is 5.78. The Bertz CT molecular complexity index is 712. The zero-order chi connectivity index (χ0) is 20.7. The molecule has 0 aliphatic carbocycles. The van der Waals surface area contributed by atoms with E-state index in [0.29, 0.717) is 16.4 Å². The fourth-order valence-corrected chi connectivity index (χ4v) is 2.46. The highest BCUT2D eigenvalue weighted by molar-refractivity contribution is 6.01. The second-order valence-electron chi connectivity index (χ2n) is 6.58. The van der Waals surface area contributed by atoms with E-state index in [4.69, 9.17) is 14.2 Å². The summed E-state index contributed by atoms with van der Waals surface area (Å²) < 4.78 is 15.3. The molecular formula is C19H23NO8. The van der Waals surface area contributed by atoms with Gasteiger partial charge < -0.3 is 14.2 Å². The molecule has 0 radical (unpaired) electrons. The number of hydrogen-bond acceptors (Lipinski definition) is 8. The third-order valence-corrected chi connectivity index (χ3v) is 4.12. The van der Waals surface area contributed by atoms with Crippen LogP contribution in [0.3, 0.4) is 0 Å². The number of imide groups is 1. The van der Waals surface area contributed by atoms with Crippen LogP contribution < -0.4 is 4.74 Å². The molecule has 2 amide bonds. The lowest BCUT2D eigenvalue weighted by molar-refractivity contribution is -0.177. The molecule has 1 fully saturated rings. The van der Waals surface area contributed by atoms with Crippen molar-refractivity contribution in [3.63, 3.8) is 0 Å². The van der Waals surface area contributed by atoms with E-state index >= 15 is 0 Å². The second kappa shape index (κ2) is 9.84. The Morgan fingerprint density at radius 1 is 1.07 bits per heavy atom. The molecule has 1 aromatic rings. The lowest BCUT2D eigenvalue weighted by atomic mass is 9.97. The maximum atomic E-state index is 12.2. The van der Waals surface area contributed by atoms with Gasteiger partial charge in [-0.3, -0.25) is 19.2 Å². The summed E-state index contributed by atoms with van der Waals surface area (Å²) in [6.07, 6.45) is -1.14. The quantitative estimate of drug-likeness (QED) is 0.376. The first kappa shape index (κ1) is 21.4. The van der Waals surface area contributed by atoms with E-state index in [0.717, 1.165) is 0 Å². The third-order valence-electron chi connectivity index (χ3n) is 4.12. The normalized spacial score (nSPS) is 14.9. The number of carbonyl (C=O) groups is 4. The molecule has 0 N–H and O–H groups in total. The van der Waals surface area contributed by atoms with E-state index in [1.165, 1.54) is 7.11 Å².